The lowest BCUT2D eigenvalue weighted by molar-refractivity contribution is -0.197. The van der Waals surface area contributed by atoms with Gasteiger partial charge in [-0.05, 0) is 99.8 Å². The van der Waals surface area contributed by atoms with Crippen LogP contribution in [-0.2, 0) is 43.0 Å². The molecule has 1 atom stereocenters. The molecule has 1 heterocycles. The van der Waals surface area contributed by atoms with Crippen LogP contribution in [-0.4, -0.2) is 76.1 Å². The van der Waals surface area contributed by atoms with Gasteiger partial charge in [-0.25, -0.2) is 19.2 Å². The number of hydrogen-bond donors (Lipinski definition) is 1. The molecule has 1 aliphatic rings. The Morgan fingerprint density at radius 2 is 1.13 bits per heavy atom. The SMILES string of the molecule is CC(C)(C)OC(=O)c1cc(OCCCCCCCCCC(=O)N[C@@H](CCC(=O)ON2C(=O)CCC2=O)C(=O)OC(C)(C)C)cc(C(=O)OC(C)(C)C)c1. The van der Waals surface area contributed by atoms with E-state index in [1.165, 1.54) is 6.07 Å². The van der Waals surface area contributed by atoms with Crippen molar-refractivity contribution in [1.29, 1.82) is 0 Å². The van der Waals surface area contributed by atoms with Gasteiger partial charge in [-0.3, -0.25) is 14.4 Å². The molecule has 0 bridgehead atoms. The van der Waals surface area contributed by atoms with Crippen molar-refractivity contribution in [2.24, 2.45) is 0 Å². The van der Waals surface area contributed by atoms with E-state index in [4.69, 9.17) is 23.8 Å². The van der Waals surface area contributed by atoms with Crippen LogP contribution in [0.5, 0.6) is 5.75 Å². The zero-order chi connectivity index (χ0) is 40.0. The van der Waals surface area contributed by atoms with Crippen LogP contribution in [0.3, 0.4) is 0 Å². The fourth-order valence-corrected chi connectivity index (χ4v) is 5.01. The first kappa shape index (κ1) is 44.7. The Morgan fingerprint density at radius 1 is 0.660 bits per heavy atom. The number of amides is 3. The quantitative estimate of drug-likeness (QED) is 0.0722. The van der Waals surface area contributed by atoms with Crippen molar-refractivity contribution in [2.75, 3.05) is 6.61 Å². The standard InChI is InChI=1S/C39H58N2O12/c1-37(2,3)50-34(46)26-23-27(35(47)51-38(4,5)6)25-28(24-26)49-22-16-14-12-10-11-13-15-17-30(42)40-29(36(48)52-39(7,8)9)18-21-33(45)53-41-31(43)19-20-32(41)44/h23-25,29H,10-22H2,1-9H3,(H,40,42)/t29-/m0/s1. The molecule has 0 spiro atoms. The van der Waals surface area contributed by atoms with Gasteiger partial charge in [0.1, 0.15) is 28.6 Å². The Balaban J connectivity index is 1.76. The first-order chi connectivity index (χ1) is 24.5. The second-order valence-corrected chi connectivity index (χ2v) is 16.1. The summed E-state index contributed by atoms with van der Waals surface area (Å²) in [7, 11) is 0. The van der Waals surface area contributed by atoms with Gasteiger partial charge >= 0.3 is 23.9 Å². The molecular weight excluding hydrogens is 688 g/mol. The Bertz CT molecular complexity index is 1400. The second kappa shape index (κ2) is 20.1. The second-order valence-electron chi connectivity index (χ2n) is 16.1. The van der Waals surface area contributed by atoms with E-state index >= 15 is 0 Å². The van der Waals surface area contributed by atoms with Gasteiger partial charge in [0.2, 0.25) is 5.91 Å². The smallest absolute Gasteiger partial charge is 0.338 e. The summed E-state index contributed by atoms with van der Waals surface area (Å²) >= 11 is 0. The third kappa shape index (κ3) is 18.2. The van der Waals surface area contributed by atoms with Crippen molar-refractivity contribution in [1.82, 2.24) is 10.4 Å². The third-order valence-electron chi connectivity index (χ3n) is 7.36. The fourth-order valence-electron chi connectivity index (χ4n) is 5.01. The highest BCUT2D eigenvalue weighted by Crippen LogP contribution is 2.23. The maximum atomic E-state index is 12.8. The summed E-state index contributed by atoms with van der Waals surface area (Å²) in [6.45, 7) is 16.0. The van der Waals surface area contributed by atoms with Gasteiger partial charge < -0.3 is 29.1 Å². The maximum absolute atomic E-state index is 12.8. The number of carbonyl (C=O) groups is 7. The van der Waals surface area contributed by atoms with Crippen molar-refractivity contribution in [3.05, 3.63) is 29.3 Å². The Kier molecular flexibility index (Phi) is 16.9. The van der Waals surface area contributed by atoms with Crippen molar-refractivity contribution in [3.8, 4) is 5.75 Å². The summed E-state index contributed by atoms with van der Waals surface area (Å²) in [5, 5.41) is 3.09. The first-order valence-corrected chi connectivity index (χ1v) is 18.4. The van der Waals surface area contributed by atoms with Gasteiger partial charge in [0.15, 0.2) is 0 Å². The van der Waals surface area contributed by atoms with E-state index in [0.717, 1.165) is 38.5 Å². The highest BCUT2D eigenvalue weighted by molar-refractivity contribution is 6.01. The molecule has 0 unspecified atom stereocenters. The molecule has 0 radical (unpaired) electrons. The van der Waals surface area contributed by atoms with Gasteiger partial charge in [-0.1, -0.05) is 32.1 Å². The van der Waals surface area contributed by atoms with Crippen LogP contribution in [0.15, 0.2) is 18.2 Å². The normalized spacial score (nSPS) is 14.0. The number of benzene rings is 1. The summed E-state index contributed by atoms with van der Waals surface area (Å²) in [5.41, 5.74) is -1.85. The molecule has 3 amide bonds. The number of esters is 3. The number of rotatable bonds is 19. The maximum Gasteiger partial charge on any atom is 0.338 e. The van der Waals surface area contributed by atoms with Crippen molar-refractivity contribution >= 4 is 41.6 Å². The molecule has 1 fully saturated rings. The fraction of sp³-hybridized carbons (Fsp3) is 0.667. The predicted octanol–water partition coefficient (Wildman–Crippen LogP) is 6.31. The Hall–Kier alpha value is -4.49. The number of hydrogen-bond acceptors (Lipinski definition) is 12. The zero-order valence-electron chi connectivity index (χ0n) is 32.8. The molecule has 14 heteroatoms. The number of unbranched alkanes of at least 4 members (excludes halogenated alkanes) is 6. The predicted molar refractivity (Wildman–Crippen MR) is 193 cm³/mol. The van der Waals surface area contributed by atoms with Crippen LogP contribution >= 0.6 is 0 Å². The first-order valence-electron chi connectivity index (χ1n) is 18.4. The molecule has 1 saturated heterocycles. The minimum absolute atomic E-state index is 0.0342. The summed E-state index contributed by atoms with van der Waals surface area (Å²) in [6, 6.07) is 3.46. The highest BCUT2D eigenvalue weighted by Gasteiger charge is 2.34. The van der Waals surface area contributed by atoms with Crippen molar-refractivity contribution < 1.29 is 57.3 Å². The van der Waals surface area contributed by atoms with Gasteiger partial charge in [0.05, 0.1) is 24.2 Å². The molecule has 1 aliphatic heterocycles. The number of ether oxygens (including phenoxy) is 4. The van der Waals surface area contributed by atoms with Crippen LogP contribution in [0, 0.1) is 0 Å². The minimum Gasteiger partial charge on any atom is -0.494 e. The minimum atomic E-state index is -1.11. The third-order valence-corrected chi connectivity index (χ3v) is 7.36. The van der Waals surface area contributed by atoms with E-state index in [1.54, 1.807) is 74.4 Å². The van der Waals surface area contributed by atoms with E-state index in [9.17, 15) is 33.6 Å². The van der Waals surface area contributed by atoms with E-state index in [1.807, 2.05) is 0 Å². The van der Waals surface area contributed by atoms with Crippen LogP contribution in [0.1, 0.15) is 160 Å². The largest absolute Gasteiger partial charge is 0.494 e. The summed E-state index contributed by atoms with van der Waals surface area (Å²) in [4.78, 5) is 91.6. The molecule has 1 aromatic carbocycles. The molecule has 14 nitrogen and oxygen atoms in total. The zero-order valence-corrected chi connectivity index (χ0v) is 32.8. The van der Waals surface area contributed by atoms with Crippen LogP contribution in [0.4, 0.5) is 0 Å². The van der Waals surface area contributed by atoms with Crippen LogP contribution in [0.25, 0.3) is 0 Å². The molecular formula is C39H58N2O12. The molecule has 2 rings (SSSR count). The van der Waals surface area contributed by atoms with E-state index in [2.05, 4.69) is 5.32 Å². The Labute approximate surface area is 312 Å². The average Bonchev–Trinajstić information content (AvgIpc) is 3.33. The summed E-state index contributed by atoms with van der Waals surface area (Å²) < 4.78 is 22.3. The molecule has 296 valence electrons. The van der Waals surface area contributed by atoms with Gasteiger partial charge in [-0.15, -0.1) is 5.06 Å². The molecule has 0 aromatic heterocycles. The van der Waals surface area contributed by atoms with E-state index in [-0.39, 0.29) is 49.1 Å². The number of nitrogens with one attached hydrogen (secondary N) is 1. The summed E-state index contributed by atoms with van der Waals surface area (Å²) in [6.07, 6.45) is 5.52. The number of carbonyl (C=O) groups excluding carboxylic acids is 7. The van der Waals surface area contributed by atoms with Crippen LogP contribution in [0.2, 0.25) is 0 Å². The lowest BCUT2D eigenvalue weighted by atomic mass is 10.1. The molecule has 0 aliphatic carbocycles. The van der Waals surface area contributed by atoms with Crippen LogP contribution < -0.4 is 10.1 Å². The molecule has 0 saturated carbocycles. The lowest BCUT2D eigenvalue weighted by Crippen LogP contribution is -2.44. The van der Waals surface area contributed by atoms with Gasteiger partial charge in [0, 0.05) is 19.3 Å². The number of hydroxylamine groups is 2. The van der Waals surface area contributed by atoms with Crippen molar-refractivity contribution in [3.63, 3.8) is 0 Å². The van der Waals surface area contributed by atoms with E-state index in [0.29, 0.717) is 23.8 Å². The molecule has 53 heavy (non-hydrogen) atoms. The number of imide groups is 1. The van der Waals surface area contributed by atoms with Gasteiger partial charge in [-0.2, -0.15) is 0 Å². The topological polar surface area (TPSA) is 181 Å². The van der Waals surface area contributed by atoms with Gasteiger partial charge in [0.25, 0.3) is 11.8 Å². The number of nitrogens with zero attached hydrogens (tertiary/aromatic N) is 1. The van der Waals surface area contributed by atoms with Crippen molar-refractivity contribution in [2.45, 2.75) is 162 Å². The molecule has 1 aromatic rings. The lowest BCUT2D eigenvalue weighted by Gasteiger charge is -2.24. The summed E-state index contributed by atoms with van der Waals surface area (Å²) in [5.74, 6) is -3.91. The monoisotopic (exact) mass is 746 g/mol. The average molecular weight is 747 g/mol. The highest BCUT2D eigenvalue weighted by atomic mass is 16.7. The van der Waals surface area contributed by atoms with E-state index < -0.39 is 58.5 Å². The Morgan fingerprint density at radius 3 is 1.62 bits per heavy atom. The molecule has 1 N–H and O–H groups in total.